The van der Waals surface area contributed by atoms with E-state index in [1.54, 1.807) is 0 Å². The Hall–Kier alpha value is -2.34. The van der Waals surface area contributed by atoms with Crippen molar-refractivity contribution >= 4 is 17.9 Å². The van der Waals surface area contributed by atoms with E-state index in [0.29, 0.717) is 32.0 Å². The molecule has 9 nitrogen and oxygen atoms in total. The number of hydrogen-bond acceptors (Lipinski definition) is 7. The number of nitrogens with zero attached hydrogens (tertiary/aromatic N) is 4. The van der Waals surface area contributed by atoms with Crippen LogP contribution in [0.5, 0.6) is 0 Å². The molecule has 0 unspecified atom stereocenters. The van der Waals surface area contributed by atoms with E-state index >= 15 is 0 Å². The molecule has 0 fully saturated rings. The Bertz CT molecular complexity index is 937. The van der Waals surface area contributed by atoms with Gasteiger partial charge >= 0.3 is 11.9 Å². The smallest absolute Gasteiger partial charge is 0.306 e. The van der Waals surface area contributed by atoms with Gasteiger partial charge in [0, 0.05) is 33.5 Å². The first-order valence-corrected chi connectivity index (χ1v) is 23.8. The van der Waals surface area contributed by atoms with Crippen LogP contribution >= 0.6 is 0 Å². The maximum absolute atomic E-state index is 12.8. The maximum atomic E-state index is 12.8. The number of carbonyl (C=O) groups excluding carboxylic acids is 2. The fraction of sp³-hybridized carbons (Fsp3) is 0.915. The maximum Gasteiger partial charge on any atom is 0.306 e. The molecule has 0 heterocycles. The molecule has 0 rings (SSSR count). The van der Waals surface area contributed by atoms with Crippen LogP contribution in [0.1, 0.15) is 226 Å². The molecule has 0 aromatic heterocycles. The van der Waals surface area contributed by atoms with Gasteiger partial charge in [-0.05, 0) is 83.8 Å². The van der Waals surface area contributed by atoms with Crippen LogP contribution in [0.2, 0.25) is 0 Å². The van der Waals surface area contributed by atoms with Gasteiger partial charge in [-0.2, -0.15) is 5.26 Å². The van der Waals surface area contributed by atoms with Gasteiger partial charge in [0.25, 0.3) is 0 Å². The van der Waals surface area contributed by atoms with Gasteiger partial charge in [0.2, 0.25) is 5.96 Å². The summed E-state index contributed by atoms with van der Waals surface area (Å²) in [5, 5.41) is 11.7. The van der Waals surface area contributed by atoms with Gasteiger partial charge < -0.3 is 19.3 Å². The summed E-state index contributed by atoms with van der Waals surface area (Å²) >= 11 is 0. The summed E-state index contributed by atoms with van der Waals surface area (Å²) in [6, 6.07) is 0. The van der Waals surface area contributed by atoms with Crippen molar-refractivity contribution in [2.45, 2.75) is 232 Å². The van der Waals surface area contributed by atoms with Crippen molar-refractivity contribution in [2.75, 3.05) is 46.9 Å². The van der Waals surface area contributed by atoms with Crippen LogP contribution in [-0.2, 0) is 19.1 Å². The highest BCUT2D eigenvalue weighted by Gasteiger charge is 2.14. The highest BCUT2D eigenvalue weighted by Crippen LogP contribution is 2.18. The number of guanidine groups is 1. The second kappa shape index (κ2) is 42.3. The average molecular weight is 790 g/mol. The van der Waals surface area contributed by atoms with E-state index in [1.807, 2.05) is 25.2 Å². The molecule has 9 heteroatoms. The number of esters is 2. The van der Waals surface area contributed by atoms with Crippen molar-refractivity contribution < 1.29 is 19.1 Å². The topological polar surface area (TPSA) is 107 Å². The molecule has 0 aromatic rings. The fourth-order valence-corrected chi connectivity index (χ4v) is 7.20. The SMILES string of the molecule is CCCCCCCCCOC(=O)CCCCCN(CCCCCCCC(=O)OC(CCCCCCCC)CCCCCCCC)CCCN=C(NC#N)N(C)C. The zero-order chi connectivity index (χ0) is 41.2. The van der Waals surface area contributed by atoms with E-state index in [0.717, 1.165) is 103 Å². The molecule has 0 spiro atoms. The summed E-state index contributed by atoms with van der Waals surface area (Å²) < 4.78 is 11.5. The molecule has 328 valence electrons. The monoisotopic (exact) mass is 790 g/mol. The van der Waals surface area contributed by atoms with Gasteiger partial charge in [-0.3, -0.25) is 19.9 Å². The molecule has 0 saturated heterocycles. The van der Waals surface area contributed by atoms with Crippen molar-refractivity contribution in [3.05, 3.63) is 0 Å². The number of ether oxygens (including phenoxy) is 2. The Morgan fingerprint density at radius 2 is 1.00 bits per heavy atom. The van der Waals surface area contributed by atoms with Crippen LogP contribution < -0.4 is 5.32 Å². The van der Waals surface area contributed by atoms with Gasteiger partial charge in [0.05, 0.1) is 6.61 Å². The van der Waals surface area contributed by atoms with Crippen LogP contribution in [0.15, 0.2) is 4.99 Å². The number of nitriles is 1. The van der Waals surface area contributed by atoms with Crippen molar-refractivity contribution in [3.8, 4) is 6.19 Å². The number of nitrogens with one attached hydrogen (secondary N) is 1. The first-order chi connectivity index (χ1) is 27.4. The molecule has 0 aliphatic heterocycles. The molecular weight excluding hydrogens is 699 g/mol. The molecule has 0 aliphatic carbocycles. The van der Waals surface area contributed by atoms with E-state index in [9.17, 15) is 9.59 Å². The molecule has 0 amide bonds. The Kier molecular flexibility index (Phi) is 40.5. The van der Waals surface area contributed by atoms with Crippen molar-refractivity contribution in [3.63, 3.8) is 0 Å². The lowest BCUT2D eigenvalue weighted by Gasteiger charge is -2.22. The summed E-state index contributed by atoms with van der Waals surface area (Å²) in [6.07, 6.45) is 38.3. The molecule has 56 heavy (non-hydrogen) atoms. The second-order valence-corrected chi connectivity index (χ2v) is 16.4. The lowest BCUT2D eigenvalue weighted by molar-refractivity contribution is -0.150. The van der Waals surface area contributed by atoms with E-state index in [4.69, 9.17) is 14.7 Å². The van der Waals surface area contributed by atoms with Crippen LogP contribution in [0, 0.1) is 11.5 Å². The molecule has 0 atom stereocenters. The zero-order valence-electron chi connectivity index (χ0n) is 37.7. The van der Waals surface area contributed by atoms with E-state index in [-0.39, 0.29) is 18.0 Å². The molecule has 0 aliphatic rings. The minimum absolute atomic E-state index is 0.00428. The molecule has 0 bridgehead atoms. The average Bonchev–Trinajstić information content (AvgIpc) is 3.18. The standard InChI is InChI=1S/C47H91N5O4/c1-6-9-12-15-18-24-32-42-55-45(53)36-29-25-31-40-52(41-33-38-49-47(50-43-48)51(4)5)39-30-23-19-22-28-37-46(54)56-44(34-26-20-16-13-10-7-2)35-27-21-17-14-11-8-3/h44H,6-42H2,1-5H3,(H,49,50). The summed E-state index contributed by atoms with van der Waals surface area (Å²) in [5.41, 5.74) is 0. The predicted octanol–water partition coefficient (Wildman–Crippen LogP) is 12.3. The van der Waals surface area contributed by atoms with Gasteiger partial charge in [-0.1, -0.05) is 149 Å². The lowest BCUT2D eigenvalue weighted by atomic mass is 10.0. The Labute approximate surface area is 346 Å². The first-order valence-electron chi connectivity index (χ1n) is 23.8. The van der Waals surface area contributed by atoms with Gasteiger partial charge in [-0.25, -0.2) is 0 Å². The van der Waals surface area contributed by atoms with Gasteiger partial charge in [0.15, 0.2) is 6.19 Å². The molecule has 1 N–H and O–H groups in total. The van der Waals surface area contributed by atoms with Crippen molar-refractivity contribution in [1.29, 1.82) is 5.26 Å². The fourth-order valence-electron chi connectivity index (χ4n) is 7.20. The third-order valence-electron chi connectivity index (χ3n) is 10.8. The molecule has 0 radical (unpaired) electrons. The largest absolute Gasteiger partial charge is 0.466 e. The molecular formula is C47H91N5O4. The summed E-state index contributed by atoms with van der Waals surface area (Å²) in [5.74, 6) is 0.542. The third kappa shape index (κ3) is 37.2. The summed E-state index contributed by atoms with van der Waals surface area (Å²) in [6.45, 7) is 11.0. The highest BCUT2D eigenvalue weighted by atomic mass is 16.5. The zero-order valence-corrected chi connectivity index (χ0v) is 37.7. The summed E-state index contributed by atoms with van der Waals surface area (Å²) in [7, 11) is 3.77. The van der Waals surface area contributed by atoms with E-state index in [2.05, 4.69) is 36.0 Å². The second-order valence-electron chi connectivity index (χ2n) is 16.4. The van der Waals surface area contributed by atoms with Crippen LogP contribution in [0.4, 0.5) is 0 Å². The minimum atomic E-state index is -0.0530. The highest BCUT2D eigenvalue weighted by molar-refractivity contribution is 5.80. The number of carbonyl (C=O) groups is 2. The van der Waals surface area contributed by atoms with Gasteiger partial charge in [-0.15, -0.1) is 0 Å². The lowest BCUT2D eigenvalue weighted by Crippen LogP contribution is -2.34. The van der Waals surface area contributed by atoms with E-state index < -0.39 is 0 Å². The normalized spacial score (nSPS) is 11.6. The number of unbranched alkanes of at least 4 members (excludes halogenated alkanes) is 22. The summed E-state index contributed by atoms with van der Waals surface area (Å²) in [4.78, 5) is 34.0. The number of rotatable bonds is 41. The quantitative estimate of drug-likeness (QED) is 0.0163. The molecule has 0 saturated carbocycles. The molecule has 0 aromatic carbocycles. The van der Waals surface area contributed by atoms with Crippen LogP contribution in [0.25, 0.3) is 0 Å². The van der Waals surface area contributed by atoms with Crippen molar-refractivity contribution in [2.24, 2.45) is 4.99 Å². The Morgan fingerprint density at radius 1 is 0.571 bits per heavy atom. The predicted molar refractivity (Wildman–Crippen MR) is 237 cm³/mol. The number of hydrogen-bond donors (Lipinski definition) is 1. The Morgan fingerprint density at radius 3 is 1.52 bits per heavy atom. The first kappa shape index (κ1) is 53.7. The number of aliphatic imine (C=N–C) groups is 1. The van der Waals surface area contributed by atoms with Gasteiger partial charge in [0.1, 0.15) is 6.10 Å². The third-order valence-corrected chi connectivity index (χ3v) is 10.8. The van der Waals surface area contributed by atoms with Crippen LogP contribution in [0.3, 0.4) is 0 Å². The van der Waals surface area contributed by atoms with Crippen molar-refractivity contribution in [1.82, 2.24) is 15.1 Å². The van der Waals surface area contributed by atoms with Crippen LogP contribution in [-0.4, -0.2) is 80.7 Å². The van der Waals surface area contributed by atoms with E-state index in [1.165, 1.54) is 109 Å². The minimum Gasteiger partial charge on any atom is -0.466 e. The Balaban J connectivity index is 4.55.